The van der Waals surface area contributed by atoms with Gasteiger partial charge in [0.15, 0.2) is 0 Å². The molecule has 0 aliphatic rings. The van der Waals surface area contributed by atoms with Gasteiger partial charge < -0.3 is 10.2 Å². The summed E-state index contributed by atoms with van der Waals surface area (Å²) >= 11 is 0. The summed E-state index contributed by atoms with van der Waals surface area (Å²) in [5, 5.41) is 2.77. The maximum Gasteiger partial charge on any atom is 0.244 e. The summed E-state index contributed by atoms with van der Waals surface area (Å²) in [6, 6.07) is 11.5. The standard InChI is InChI=1S/C23H30FN3O4S/c1-16(2)25-23(29)18(4)26(14-19-10-12-20(24)13-11-19)22(28)15-27(32(5,30)31)21-9-7-6-8-17(21)3/h6-13,16,18H,14-15H2,1-5H3,(H,25,29). The summed E-state index contributed by atoms with van der Waals surface area (Å²) in [6.07, 6.45) is 1.03. The van der Waals surface area contributed by atoms with Crippen LogP contribution in [0, 0.1) is 12.7 Å². The van der Waals surface area contributed by atoms with Crippen molar-refractivity contribution >= 4 is 27.5 Å². The lowest BCUT2D eigenvalue weighted by molar-refractivity contribution is -0.139. The highest BCUT2D eigenvalue weighted by Crippen LogP contribution is 2.23. The van der Waals surface area contributed by atoms with E-state index in [1.54, 1.807) is 52.0 Å². The van der Waals surface area contributed by atoms with E-state index in [1.165, 1.54) is 29.2 Å². The van der Waals surface area contributed by atoms with Gasteiger partial charge in [0.25, 0.3) is 0 Å². The third kappa shape index (κ3) is 6.78. The van der Waals surface area contributed by atoms with Gasteiger partial charge in [0.2, 0.25) is 21.8 Å². The SMILES string of the molecule is Cc1ccccc1N(CC(=O)N(Cc1ccc(F)cc1)C(C)C(=O)NC(C)C)S(C)(=O)=O. The third-order valence-corrected chi connectivity index (χ3v) is 6.05. The smallest absolute Gasteiger partial charge is 0.244 e. The minimum Gasteiger partial charge on any atom is -0.352 e. The van der Waals surface area contributed by atoms with Gasteiger partial charge in [0, 0.05) is 12.6 Å². The predicted molar refractivity (Wildman–Crippen MR) is 123 cm³/mol. The van der Waals surface area contributed by atoms with Gasteiger partial charge in [0.05, 0.1) is 11.9 Å². The van der Waals surface area contributed by atoms with Gasteiger partial charge in [-0.1, -0.05) is 30.3 Å². The number of anilines is 1. The molecule has 1 unspecified atom stereocenters. The fourth-order valence-electron chi connectivity index (χ4n) is 3.21. The molecule has 0 aliphatic heterocycles. The molecule has 0 aromatic heterocycles. The van der Waals surface area contributed by atoms with Crippen LogP contribution in [0.1, 0.15) is 31.9 Å². The van der Waals surface area contributed by atoms with E-state index >= 15 is 0 Å². The maximum atomic E-state index is 13.4. The lowest BCUT2D eigenvalue weighted by Gasteiger charge is -2.32. The predicted octanol–water partition coefficient (Wildman–Crippen LogP) is 2.84. The summed E-state index contributed by atoms with van der Waals surface area (Å²) in [5.41, 5.74) is 1.71. The van der Waals surface area contributed by atoms with Crippen LogP contribution in [0.4, 0.5) is 10.1 Å². The van der Waals surface area contributed by atoms with E-state index < -0.39 is 34.3 Å². The van der Waals surface area contributed by atoms with E-state index in [1.807, 2.05) is 0 Å². The number of para-hydroxylation sites is 1. The number of amides is 2. The van der Waals surface area contributed by atoms with Crippen molar-refractivity contribution in [2.45, 2.75) is 46.3 Å². The first-order valence-corrected chi connectivity index (χ1v) is 12.1. The molecule has 2 rings (SSSR count). The van der Waals surface area contributed by atoms with Crippen LogP contribution in [0.2, 0.25) is 0 Å². The van der Waals surface area contributed by atoms with Gasteiger partial charge in [-0.15, -0.1) is 0 Å². The molecule has 32 heavy (non-hydrogen) atoms. The Morgan fingerprint density at radius 1 is 1.03 bits per heavy atom. The molecular formula is C23H30FN3O4S. The number of hydrogen-bond donors (Lipinski definition) is 1. The topological polar surface area (TPSA) is 86.8 Å². The van der Waals surface area contributed by atoms with Crippen LogP contribution in [-0.2, 0) is 26.2 Å². The summed E-state index contributed by atoms with van der Waals surface area (Å²) in [4.78, 5) is 27.3. The minimum atomic E-state index is -3.78. The molecule has 1 N–H and O–H groups in total. The van der Waals surface area contributed by atoms with Crippen molar-refractivity contribution in [2.75, 3.05) is 17.1 Å². The number of nitrogens with zero attached hydrogens (tertiary/aromatic N) is 2. The largest absolute Gasteiger partial charge is 0.352 e. The molecule has 2 aromatic rings. The van der Waals surface area contributed by atoms with Crippen molar-refractivity contribution in [3.8, 4) is 0 Å². The monoisotopic (exact) mass is 463 g/mol. The molecule has 7 nitrogen and oxygen atoms in total. The Morgan fingerprint density at radius 3 is 2.16 bits per heavy atom. The summed E-state index contributed by atoms with van der Waals surface area (Å²) in [6.45, 7) is 6.51. The molecule has 0 saturated heterocycles. The fourth-order valence-corrected chi connectivity index (χ4v) is 4.12. The molecule has 0 radical (unpaired) electrons. The van der Waals surface area contributed by atoms with Crippen molar-refractivity contribution in [3.63, 3.8) is 0 Å². The summed E-state index contributed by atoms with van der Waals surface area (Å²) in [5.74, 6) is -1.33. The Balaban J connectivity index is 2.39. The molecule has 0 fully saturated rings. The van der Waals surface area contributed by atoms with Crippen LogP contribution >= 0.6 is 0 Å². The highest BCUT2D eigenvalue weighted by molar-refractivity contribution is 7.92. The average Bonchev–Trinajstić information content (AvgIpc) is 2.70. The maximum absolute atomic E-state index is 13.4. The van der Waals surface area contributed by atoms with Gasteiger partial charge in [-0.25, -0.2) is 12.8 Å². The highest BCUT2D eigenvalue weighted by atomic mass is 32.2. The van der Waals surface area contributed by atoms with Gasteiger partial charge in [-0.3, -0.25) is 13.9 Å². The van der Waals surface area contributed by atoms with Crippen LogP contribution in [0.25, 0.3) is 0 Å². The molecule has 9 heteroatoms. The van der Waals surface area contributed by atoms with E-state index in [2.05, 4.69) is 5.32 Å². The van der Waals surface area contributed by atoms with E-state index in [4.69, 9.17) is 0 Å². The number of hydrogen-bond acceptors (Lipinski definition) is 4. The van der Waals surface area contributed by atoms with E-state index in [0.717, 1.165) is 10.6 Å². The van der Waals surface area contributed by atoms with Gasteiger partial charge in [-0.2, -0.15) is 0 Å². The lowest BCUT2D eigenvalue weighted by Crippen LogP contribution is -2.52. The molecule has 0 aliphatic carbocycles. The van der Waals surface area contributed by atoms with E-state index in [-0.39, 0.29) is 18.5 Å². The molecule has 0 bridgehead atoms. The quantitative estimate of drug-likeness (QED) is 0.620. The van der Waals surface area contributed by atoms with Crippen LogP contribution in [0.3, 0.4) is 0 Å². The molecular weight excluding hydrogens is 433 g/mol. The number of carbonyl (C=O) groups excluding carboxylic acids is 2. The second kappa shape index (κ2) is 10.6. The summed E-state index contributed by atoms with van der Waals surface area (Å²) in [7, 11) is -3.78. The number of aryl methyl sites for hydroxylation is 1. The molecule has 1 atom stereocenters. The zero-order valence-electron chi connectivity index (χ0n) is 19.0. The second-order valence-electron chi connectivity index (χ2n) is 8.04. The van der Waals surface area contributed by atoms with Crippen LogP contribution in [0.5, 0.6) is 0 Å². The van der Waals surface area contributed by atoms with Crippen LogP contribution in [-0.4, -0.2) is 50.0 Å². The number of sulfonamides is 1. The molecule has 0 saturated carbocycles. The first-order chi connectivity index (χ1) is 14.9. The molecule has 0 heterocycles. The Kier molecular flexibility index (Phi) is 8.38. The lowest BCUT2D eigenvalue weighted by atomic mass is 10.1. The van der Waals surface area contributed by atoms with Crippen molar-refractivity contribution in [1.82, 2.24) is 10.2 Å². The molecule has 174 valence electrons. The number of nitrogens with one attached hydrogen (secondary N) is 1. The number of benzene rings is 2. The van der Waals surface area contributed by atoms with E-state index in [0.29, 0.717) is 16.8 Å². The number of carbonyl (C=O) groups is 2. The molecule has 2 aromatic carbocycles. The highest BCUT2D eigenvalue weighted by Gasteiger charge is 2.30. The summed E-state index contributed by atoms with van der Waals surface area (Å²) < 4.78 is 39.4. The number of halogens is 1. The Morgan fingerprint density at radius 2 is 1.62 bits per heavy atom. The first-order valence-electron chi connectivity index (χ1n) is 10.3. The van der Waals surface area contributed by atoms with Crippen molar-refractivity contribution in [1.29, 1.82) is 0 Å². The normalized spacial score (nSPS) is 12.3. The third-order valence-electron chi connectivity index (χ3n) is 4.93. The average molecular weight is 464 g/mol. The van der Waals surface area contributed by atoms with Gasteiger partial charge >= 0.3 is 0 Å². The zero-order chi connectivity index (χ0) is 24.1. The second-order valence-corrected chi connectivity index (χ2v) is 9.95. The Bertz CT molecular complexity index is 1060. The fraction of sp³-hybridized carbons (Fsp3) is 0.391. The van der Waals surface area contributed by atoms with Gasteiger partial charge in [-0.05, 0) is 57.0 Å². The van der Waals surface area contributed by atoms with Crippen molar-refractivity contribution in [3.05, 3.63) is 65.5 Å². The van der Waals surface area contributed by atoms with Crippen molar-refractivity contribution in [2.24, 2.45) is 0 Å². The van der Waals surface area contributed by atoms with Gasteiger partial charge in [0.1, 0.15) is 18.4 Å². The van der Waals surface area contributed by atoms with Crippen molar-refractivity contribution < 1.29 is 22.4 Å². The Hall–Kier alpha value is -2.94. The zero-order valence-corrected chi connectivity index (χ0v) is 19.8. The minimum absolute atomic E-state index is 0.0250. The number of rotatable bonds is 9. The molecule has 0 spiro atoms. The Labute approximate surface area is 189 Å². The van der Waals surface area contributed by atoms with Crippen LogP contribution in [0.15, 0.2) is 48.5 Å². The molecule has 2 amide bonds. The van der Waals surface area contributed by atoms with E-state index in [9.17, 15) is 22.4 Å². The first kappa shape index (κ1) is 25.3. The van der Waals surface area contributed by atoms with Crippen LogP contribution < -0.4 is 9.62 Å².